The summed E-state index contributed by atoms with van der Waals surface area (Å²) < 4.78 is 0.609. The molecule has 13 heavy (non-hydrogen) atoms. The smallest absolute Gasteiger partial charge is 0.0752 e. The van der Waals surface area contributed by atoms with Gasteiger partial charge in [0.25, 0.3) is 0 Å². The standard InChI is InChI=1S/C10H13NS2/c11-9-4-1-3-8(7-9)10-12-5-2-6-13-10/h1,3-4,7,10H,2,5-6,11H2. The van der Waals surface area contributed by atoms with Crippen molar-refractivity contribution in [1.29, 1.82) is 0 Å². The topological polar surface area (TPSA) is 26.0 Å². The second-order valence-corrected chi connectivity index (χ2v) is 5.82. The van der Waals surface area contributed by atoms with Crippen molar-refractivity contribution in [1.82, 2.24) is 0 Å². The van der Waals surface area contributed by atoms with Crippen molar-refractivity contribution in [2.24, 2.45) is 0 Å². The van der Waals surface area contributed by atoms with Crippen LogP contribution in [0.5, 0.6) is 0 Å². The lowest BCUT2D eigenvalue weighted by Gasteiger charge is -2.21. The normalized spacial score (nSPS) is 18.8. The fourth-order valence-electron chi connectivity index (χ4n) is 1.39. The zero-order valence-electron chi connectivity index (χ0n) is 7.40. The van der Waals surface area contributed by atoms with Crippen LogP contribution >= 0.6 is 23.5 Å². The fourth-order valence-corrected chi connectivity index (χ4v) is 4.26. The Morgan fingerprint density at radius 3 is 2.69 bits per heavy atom. The molecule has 2 rings (SSSR count). The van der Waals surface area contributed by atoms with Crippen LogP contribution < -0.4 is 5.73 Å². The Morgan fingerprint density at radius 2 is 2.00 bits per heavy atom. The van der Waals surface area contributed by atoms with Crippen LogP contribution in [0.25, 0.3) is 0 Å². The van der Waals surface area contributed by atoms with E-state index in [9.17, 15) is 0 Å². The molecule has 1 saturated heterocycles. The van der Waals surface area contributed by atoms with Crippen LogP contribution in [0, 0.1) is 0 Å². The van der Waals surface area contributed by atoms with Gasteiger partial charge < -0.3 is 5.73 Å². The van der Waals surface area contributed by atoms with Gasteiger partial charge in [0.1, 0.15) is 0 Å². The maximum atomic E-state index is 5.75. The molecule has 2 N–H and O–H groups in total. The van der Waals surface area contributed by atoms with Crippen molar-refractivity contribution in [2.75, 3.05) is 17.2 Å². The van der Waals surface area contributed by atoms with Gasteiger partial charge in [-0.3, -0.25) is 0 Å². The van der Waals surface area contributed by atoms with Gasteiger partial charge in [-0.05, 0) is 35.6 Å². The summed E-state index contributed by atoms with van der Waals surface area (Å²) in [6.45, 7) is 0. The van der Waals surface area contributed by atoms with Crippen LogP contribution in [0.3, 0.4) is 0 Å². The van der Waals surface area contributed by atoms with Crippen LogP contribution in [0.4, 0.5) is 5.69 Å². The highest BCUT2D eigenvalue weighted by Gasteiger charge is 2.16. The second kappa shape index (κ2) is 4.29. The largest absolute Gasteiger partial charge is 0.399 e. The van der Waals surface area contributed by atoms with Crippen molar-refractivity contribution in [3.8, 4) is 0 Å². The number of hydrogen-bond donors (Lipinski definition) is 1. The molecule has 70 valence electrons. The van der Waals surface area contributed by atoms with E-state index in [4.69, 9.17) is 5.73 Å². The first-order valence-electron chi connectivity index (χ1n) is 4.45. The van der Waals surface area contributed by atoms with Gasteiger partial charge in [-0.1, -0.05) is 12.1 Å². The third-order valence-electron chi connectivity index (χ3n) is 2.01. The van der Waals surface area contributed by atoms with Crippen LogP contribution in [0.2, 0.25) is 0 Å². The molecular formula is C10H13NS2. The van der Waals surface area contributed by atoms with Crippen molar-refractivity contribution in [3.05, 3.63) is 29.8 Å². The Balaban J connectivity index is 2.14. The summed E-state index contributed by atoms with van der Waals surface area (Å²) in [5.74, 6) is 2.57. The van der Waals surface area contributed by atoms with Crippen molar-refractivity contribution >= 4 is 29.2 Å². The fraction of sp³-hybridized carbons (Fsp3) is 0.400. The Hall–Kier alpha value is -0.280. The number of benzene rings is 1. The van der Waals surface area contributed by atoms with Crippen LogP contribution in [0.15, 0.2) is 24.3 Å². The van der Waals surface area contributed by atoms with E-state index >= 15 is 0 Å². The van der Waals surface area contributed by atoms with E-state index in [-0.39, 0.29) is 0 Å². The molecule has 0 aliphatic carbocycles. The summed E-state index contributed by atoms with van der Waals surface area (Å²) in [7, 11) is 0. The van der Waals surface area contributed by atoms with E-state index < -0.39 is 0 Å². The highest BCUT2D eigenvalue weighted by atomic mass is 32.2. The number of anilines is 1. The van der Waals surface area contributed by atoms with Crippen molar-refractivity contribution < 1.29 is 0 Å². The third-order valence-corrected chi connectivity index (χ3v) is 5.03. The SMILES string of the molecule is Nc1cccc(C2SCCCS2)c1. The van der Waals surface area contributed by atoms with E-state index in [1.165, 1.54) is 23.5 Å². The maximum Gasteiger partial charge on any atom is 0.0752 e. The molecule has 0 saturated carbocycles. The second-order valence-electron chi connectivity index (χ2n) is 3.10. The molecule has 1 aromatic carbocycles. The molecule has 1 heterocycles. The number of rotatable bonds is 1. The Kier molecular flexibility index (Phi) is 3.06. The van der Waals surface area contributed by atoms with Crippen molar-refractivity contribution in [2.45, 2.75) is 11.0 Å². The predicted octanol–water partition coefficient (Wildman–Crippen LogP) is 3.14. The van der Waals surface area contributed by atoms with E-state index in [2.05, 4.69) is 12.1 Å². The van der Waals surface area contributed by atoms with E-state index in [0.29, 0.717) is 4.58 Å². The summed E-state index contributed by atoms with van der Waals surface area (Å²) in [6.07, 6.45) is 1.34. The number of hydrogen-bond acceptors (Lipinski definition) is 3. The minimum Gasteiger partial charge on any atom is -0.399 e. The quantitative estimate of drug-likeness (QED) is 0.723. The van der Waals surface area contributed by atoms with Gasteiger partial charge in [0.2, 0.25) is 0 Å². The molecule has 1 fully saturated rings. The van der Waals surface area contributed by atoms with E-state index in [0.717, 1.165) is 5.69 Å². The number of nitrogen functional groups attached to an aromatic ring is 1. The maximum absolute atomic E-state index is 5.75. The van der Waals surface area contributed by atoms with Crippen LogP contribution in [-0.4, -0.2) is 11.5 Å². The molecule has 0 spiro atoms. The molecule has 1 aromatic rings. The summed E-state index contributed by atoms with van der Waals surface area (Å²) in [6, 6.07) is 8.25. The molecule has 1 nitrogen and oxygen atoms in total. The number of thioether (sulfide) groups is 2. The predicted molar refractivity (Wildman–Crippen MR) is 63.1 cm³/mol. The minimum atomic E-state index is 0.609. The van der Waals surface area contributed by atoms with Crippen LogP contribution in [0.1, 0.15) is 16.6 Å². The summed E-state index contributed by atoms with van der Waals surface area (Å²) in [4.78, 5) is 0. The molecular weight excluding hydrogens is 198 g/mol. The molecule has 1 aliphatic rings. The third kappa shape index (κ3) is 2.35. The zero-order valence-corrected chi connectivity index (χ0v) is 9.03. The Bertz CT molecular complexity index is 282. The molecule has 0 amide bonds. The highest BCUT2D eigenvalue weighted by molar-refractivity contribution is 8.16. The minimum absolute atomic E-state index is 0.609. The lowest BCUT2D eigenvalue weighted by atomic mass is 10.2. The first kappa shape index (κ1) is 9.28. The molecule has 1 aliphatic heterocycles. The molecule has 0 aromatic heterocycles. The average molecular weight is 211 g/mol. The Labute approximate surface area is 87.5 Å². The number of nitrogens with two attached hydrogens (primary N) is 1. The van der Waals surface area contributed by atoms with Gasteiger partial charge in [-0.25, -0.2) is 0 Å². The average Bonchev–Trinajstić information content (AvgIpc) is 2.19. The molecule has 0 bridgehead atoms. The molecule has 0 atom stereocenters. The first-order chi connectivity index (χ1) is 6.36. The lowest BCUT2D eigenvalue weighted by Crippen LogP contribution is -2.00. The van der Waals surface area contributed by atoms with Crippen molar-refractivity contribution in [3.63, 3.8) is 0 Å². The lowest BCUT2D eigenvalue weighted by molar-refractivity contribution is 1.10. The highest BCUT2D eigenvalue weighted by Crippen LogP contribution is 2.43. The molecule has 0 unspecified atom stereocenters. The van der Waals surface area contributed by atoms with Gasteiger partial charge in [-0.15, -0.1) is 23.5 Å². The van der Waals surface area contributed by atoms with Gasteiger partial charge in [0, 0.05) is 5.69 Å². The van der Waals surface area contributed by atoms with E-state index in [1.807, 2.05) is 35.7 Å². The monoisotopic (exact) mass is 211 g/mol. The van der Waals surface area contributed by atoms with Crippen LogP contribution in [-0.2, 0) is 0 Å². The summed E-state index contributed by atoms with van der Waals surface area (Å²) >= 11 is 4.06. The first-order valence-corrected chi connectivity index (χ1v) is 6.54. The van der Waals surface area contributed by atoms with E-state index in [1.54, 1.807) is 0 Å². The summed E-state index contributed by atoms with van der Waals surface area (Å²) in [5, 5.41) is 0. The van der Waals surface area contributed by atoms with Gasteiger partial charge in [0.15, 0.2) is 0 Å². The van der Waals surface area contributed by atoms with Gasteiger partial charge in [-0.2, -0.15) is 0 Å². The van der Waals surface area contributed by atoms with Gasteiger partial charge in [0.05, 0.1) is 4.58 Å². The van der Waals surface area contributed by atoms with Gasteiger partial charge >= 0.3 is 0 Å². The zero-order chi connectivity index (χ0) is 9.10. The molecule has 0 radical (unpaired) electrons. The Morgan fingerprint density at radius 1 is 1.23 bits per heavy atom. The molecule has 3 heteroatoms. The summed E-state index contributed by atoms with van der Waals surface area (Å²) in [5.41, 5.74) is 8.00.